The molecule has 3 N–H and O–H groups in total. The number of amides is 2. The fraction of sp³-hybridized carbons (Fsp3) is 0.273. The summed E-state index contributed by atoms with van der Waals surface area (Å²) in [4.78, 5) is 22.0. The fourth-order valence-electron chi connectivity index (χ4n) is 1.26. The van der Waals surface area contributed by atoms with Crippen LogP contribution >= 0.6 is 0 Å². The molecule has 5 nitrogen and oxygen atoms in total. The average molecular weight is 258 g/mol. The number of urea groups is 1. The van der Waals surface area contributed by atoms with Gasteiger partial charge in [0.05, 0.1) is 5.69 Å². The van der Waals surface area contributed by atoms with Crippen LogP contribution in [0.1, 0.15) is 13.3 Å². The summed E-state index contributed by atoms with van der Waals surface area (Å²) in [6.45, 7) is 1.57. The van der Waals surface area contributed by atoms with Gasteiger partial charge in [0.25, 0.3) is 0 Å². The lowest BCUT2D eigenvalue weighted by Crippen LogP contribution is -2.42. The molecule has 0 fully saturated rings. The highest BCUT2D eigenvalue weighted by Gasteiger charge is 2.18. The molecule has 1 aromatic carbocycles. The van der Waals surface area contributed by atoms with Crippen LogP contribution in [0.4, 0.5) is 19.3 Å². The summed E-state index contributed by atoms with van der Waals surface area (Å²) in [5.41, 5.74) is -0.354. The van der Waals surface area contributed by atoms with Gasteiger partial charge in [-0.15, -0.1) is 0 Å². The molecule has 0 saturated heterocycles. The highest BCUT2D eigenvalue weighted by Crippen LogP contribution is 2.16. The van der Waals surface area contributed by atoms with Crippen molar-refractivity contribution in [1.82, 2.24) is 5.32 Å². The van der Waals surface area contributed by atoms with Crippen molar-refractivity contribution in [2.45, 2.75) is 19.4 Å². The third-order valence-corrected chi connectivity index (χ3v) is 2.21. The van der Waals surface area contributed by atoms with Crippen molar-refractivity contribution in [2.24, 2.45) is 0 Å². The van der Waals surface area contributed by atoms with Gasteiger partial charge in [-0.3, -0.25) is 0 Å². The molecule has 7 heteroatoms. The summed E-state index contributed by atoms with van der Waals surface area (Å²) in [7, 11) is 0. The average Bonchev–Trinajstić information content (AvgIpc) is 2.31. The van der Waals surface area contributed by atoms with Crippen LogP contribution in [0.5, 0.6) is 0 Å². The van der Waals surface area contributed by atoms with E-state index >= 15 is 0 Å². The lowest BCUT2D eigenvalue weighted by atomic mass is 10.2. The molecule has 1 atom stereocenters. The van der Waals surface area contributed by atoms with Crippen molar-refractivity contribution in [3.8, 4) is 0 Å². The lowest BCUT2D eigenvalue weighted by molar-refractivity contribution is -0.139. The van der Waals surface area contributed by atoms with Gasteiger partial charge in [0.2, 0.25) is 0 Å². The number of hydrogen-bond donors (Lipinski definition) is 3. The Hall–Kier alpha value is -2.18. The van der Waals surface area contributed by atoms with Crippen molar-refractivity contribution in [3.05, 3.63) is 29.8 Å². The van der Waals surface area contributed by atoms with E-state index in [1.54, 1.807) is 6.92 Å². The molecule has 0 heterocycles. The molecule has 0 aliphatic carbocycles. The summed E-state index contributed by atoms with van der Waals surface area (Å²) in [5.74, 6) is -3.50. The van der Waals surface area contributed by atoms with Crippen molar-refractivity contribution in [3.63, 3.8) is 0 Å². The van der Waals surface area contributed by atoms with Crippen LogP contribution in [0.2, 0.25) is 0 Å². The number of hydrogen-bond acceptors (Lipinski definition) is 2. The van der Waals surface area contributed by atoms with Crippen molar-refractivity contribution >= 4 is 17.7 Å². The van der Waals surface area contributed by atoms with Crippen LogP contribution < -0.4 is 10.6 Å². The molecule has 0 bridgehead atoms. The quantitative estimate of drug-likeness (QED) is 0.772. The first-order valence-corrected chi connectivity index (χ1v) is 5.20. The van der Waals surface area contributed by atoms with E-state index in [1.807, 2.05) is 5.32 Å². The molecule has 0 saturated carbocycles. The van der Waals surface area contributed by atoms with Crippen molar-refractivity contribution in [2.75, 3.05) is 5.32 Å². The van der Waals surface area contributed by atoms with Gasteiger partial charge in [0.1, 0.15) is 6.04 Å². The maximum Gasteiger partial charge on any atom is 0.326 e. The number of halogens is 2. The summed E-state index contributed by atoms with van der Waals surface area (Å²) in [6.07, 6.45) is 0.175. The molecular formula is C11H12F2N2O3. The van der Waals surface area contributed by atoms with Gasteiger partial charge in [-0.05, 0) is 18.6 Å². The van der Waals surface area contributed by atoms with E-state index in [0.29, 0.717) is 0 Å². The third kappa shape index (κ3) is 3.41. The van der Waals surface area contributed by atoms with Gasteiger partial charge in [0.15, 0.2) is 11.6 Å². The van der Waals surface area contributed by atoms with Crippen molar-refractivity contribution in [1.29, 1.82) is 0 Å². The molecule has 98 valence electrons. The van der Waals surface area contributed by atoms with Crippen LogP contribution in [-0.2, 0) is 4.79 Å². The molecular weight excluding hydrogens is 246 g/mol. The lowest BCUT2D eigenvalue weighted by Gasteiger charge is -2.13. The number of benzene rings is 1. The van der Waals surface area contributed by atoms with E-state index in [9.17, 15) is 18.4 Å². The second-order valence-corrected chi connectivity index (χ2v) is 3.50. The Morgan fingerprint density at radius 2 is 2.06 bits per heavy atom. The Morgan fingerprint density at radius 3 is 2.61 bits per heavy atom. The Kier molecular flexibility index (Phi) is 4.59. The molecule has 0 aromatic heterocycles. The SMILES string of the molecule is CC[C@H](NC(=O)Nc1cccc(F)c1F)C(=O)O. The Bertz CT molecular complexity index is 466. The zero-order valence-corrected chi connectivity index (χ0v) is 9.54. The molecule has 18 heavy (non-hydrogen) atoms. The summed E-state index contributed by atoms with van der Waals surface area (Å²) in [6, 6.07) is 1.31. The van der Waals surface area contributed by atoms with Crippen LogP contribution in [-0.4, -0.2) is 23.1 Å². The second-order valence-electron chi connectivity index (χ2n) is 3.50. The van der Waals surface area contributed by atoms with Gasteiger partial charge in [-0.1, -0.05) is 13.0 Å². The van der Waals surface area contributed by atoms with Crippen LogP contribution in [0.3, 0.4) is 0 Å². The zero-order valence-electron chi connectivity index (χ0n) is 9.54. The second kappa shape index (κ2) is 5.95. The molecule has 0 aliphatic heterocycles. The number of nitrogens with one attached hydrogen (secondary N) is 2. The van der Waals surface area contributed by atoms with E-state index in [2.05, 4.69) is 5.32 Å². The Morgan fingerprint density at radius 1 is 1.39 bits per heavy atom. The summed E-state index contributed by atoms with van der Waals surface area (Å²) >= 11 is 0. The molecule has 0 spiro atoms. The topological polar surface area (TPSA) is 78.4 Å². The zero-order chi connectivity index (χ0) is 13.7. The fourth-order valence-corrected chi connectivity index (χ4v) is 1.26. The minimum atomic E-state index is -1.20. The molecule has 2 amide bonds. The predicted molar refractivity (Wildman–Crippen MR) is 60.2 cm³/mol. The molecule has 0 radical (unpaired) electrons. The van der Waals surface area contributed by atoms with E-state index in [0.717, 1.165) is 6.07 Å². The summed E-state index contributed by atoms with van der Waals surface area (Å²) in [5, 5.41) is 12.9. The minimum absolute atomic E-state index is 0.175. The molecule has 1 aromatic rings. The molecule has 0 aliphatic rings. The Balaban J connectivity index is 2.70. The number of rotatable bonds is 4. The number of carboxylic acid groups (broad SMARTS) is 1. The molecule has 1 rings (SSSR count). The summed E-state index contributed by atoms with van der Waals surface area (Å²) < 4.78 is 26.1. The first-order chi connectivity index (χ1) is 8.45. The smallest absolute Gasteiger partial charge is 0.326 e. The van der Waals surface area contributed by atoms with Gasteiger partial charge >= 0.3 is 12.0 Å². The first-order valence-electron chi connectivity index (χ1n) is 5.20. The minimum Gasteiger partial charge on any atom is -0.480 e. The van der Waals surface area contributed by atoms with Gasteiger partial charge in [-0.25, -0.2) is 18.4 Å². The standard InChI is InChI=1S/C11H12F2N2O3/c1-2-7(10(16)17)14-11(18)15-8-5-3-4-6(12)9(8)13/h3-5,7H,2H2,1H3,(H,16,17)(H2,14,15,18)/t7-/m0/s1. The highest BCUT2D eigenvalue weighted by atomic mass is 19.2. The number of carboxylic acids is 1. The van der Waals surface area contributed by atoms with E-state index in [-0.39, 0.29) is 12.1 Å². The predicted octanol–water partition coefficient (Wildman–Crippen LogP) is 1.95. The maximum absolute atomic E-state index is 13.2. The monoisotopic (exact) mass is 258 g/mol. The van der Waals surface area contributed by atoms with E-state index < -0.39 is 29.7 Å². The number of aliphatic carboxylic acids is 1. The maximum atomic E-state index is 13.2. The normalized spacial score (nSPS) is 11.7. The van der Waals surface area contributed by atoms with Crippen LogP contribution in [0.15, 0.2) is 18.2 Å². The van der Waals surface area contributed by atoms with Crippen molar-refractivity contribution < 1.29 is 23.5 Å². The van der Waals surface area contributed by atoms with Gasteiger partial charge in [0, 0.05) is 0 Å². The largest absolute Gasteiger partial charge is 0.480 e. The first kappa shape index (κ1) is 13.9. The number of carbonyl (C=O) groups is 2. The van der Waals surface area contributed by atoms with Crippen LogP contribution in [0, 0.1) is 11.6 Å². The Labute approximate surface area is 102 Å². The van der Waals surface area contributed by atoms with E-state index in [4.69, 9.17) is 5.11 Å². The number of anilines is 1. The highest BCUT2D eigenvalue weighted by molar-refractivity contribution is 5.92. The molecule has 0 unspecified atom stereocenters. The van der Waals surface area contributed by atoms with Crippen LogP contribution in [0.25, 0.3) is 0 Å². The number of carbonyl (C=O) groups excluding carboxylic acids is 1. The van der Waals surface area contributed by atoms with Gasteiger partial charge < -0.3 is 15.7 Å². The third-order valence-electron chi connectivity index (χ3n) is 2.21. The van der Waals surface area contributed by atoms with Gasteiger partial charge in [-0.2, -0.15) is 0 Å². The van der Waals surface area contributed by atoms with E-state index in [1.165, 1.54) is 12.1 Å².